The number of pyridine rings is 1. The van der Waals surface area contributed by atoms with Gasteiger partial charge in [0.05, 0.1) is 25.0 Å². The molecule has 1 aliphatic heterocycles. The van der Waals surface area contributed by atoms with Crippen molar-refractivity contribution in [2.45, 2.75) is 39.3 Å². The van der Waals surface area contributed by atoms with Crippen LogP contribution in [0.15, 0.2) is 42.6 Å². The zero-order valence-corrected chi connectivity index (χ0v) is 17.2. The van der Waals surface area contributed by atoms with Gasteiger partial charge in [0, 0.05) is 24.7 Å². The van der Waals surface area contributed by atoms with Crippen LogP contribution in [0.4, 0.5) is 0 Å². The van der Waals surface area contributed by atoms with E-state index in [0.29, 0.717) is 5.56 Å². The molecule has 0 spiro atoms. The van der Waals surface area contributed by atoms with Crippen LogP contribution in [0.3, 0.4) is 0 Å². The molecule has 0 radical (unpaired) electrons. The van der Waals surface area contributed by atoms with Gasteiger partial charge in [0.25, 0.3) is 0 Å². The number of carbonyl (C=O) groups excluding carboxylic acids is 1. The average Bonchev–Trinajstić information content (AvgIpc) is 3.08. The Hall–Kier alpha value is -2.73. The van der Waals surface area contributed by atoms with Crippen molar-refractivity contribution < 1.29 is 9.53 Å². The highest BCUT2D eigenvalue weighted by molar-refractivity contribution is 5.93. The summed E-state index contributed by atoms with van der Waals surface area (Å²) in [6, 6.07) is 12.6. The van der Waals surface area contributed by atoms with Crippen molar-refractivity contribution in [3.05, 3.63) is 59.4 Å². The first-order valence-corrected chi connectivity index (χ1v) is 10.3. The molecule has 0 unspecified atom stereocenters. The van der Waals surface area contributed by atoms with Crippen LogP contribution in [0.1, 0.15) is 40.9 Å². The molecule has 0 N–H and O–H groups in total. The van der Waals surface area contributed by atoms with Crippen LogP contribution in [0, 0.1) is 12.8 Å². The number of aryl methyl sites for hydroxylation is 2. The molecule has 1 fully saturated rings. The van der Waals surface area contributed by atoms with Crippen LogP contribution in [-0.2, 0) is 17.8 Å². The fourth-order valence-corrected chi connectivity index (χ4v) is 4.16. The van der Waals surface area contributed by atoms with E-state index in [0.717, 1.165) is 42.4 Å². The molecular weight excluding hydrogens is 364 g/mol. The number of piperidine rings is 1. The maximum atomic E-state index is 11.8. The van der Waals surface area contributed by atoms with Crippen LogP contribution in [0.5, 0.6) is 0 Å². The highest BCUT2D eigenvalue weighted by Gasteiger charge is 2.21. The molecule has 29 heavy (non-hydrogen) atoms. The minimum absolute atomic E-state index is 0.371. The van der Waals surface area contributed by atoms with Crippen LogP contribution >= 0.6 is 0 Å². The first kappa shape index (κ1) is 19.6. The number of hydrogen-bond acceptors (Lipinski definition) is 5. The molecule has 2 aromatic heterocycles. The summed E-state index contributed by atoms with van der Waals surface area (Å²) in [6.07, 6.45) is 6.46. The standard InChI is InChI=1S/C23H28N4O2/c1-17-21-14-20(23(28)29-2)15-24-22(21)27(25-17)16-26-12-10-19(11-13-26)9-8-18-6-4-3-5-7-18/h3-7,14-15,19H,8-13,16H2,1-2H3. The number of likely N-dealkylation sites (tertiary alicyclic amines) is 1. The van der Waals surface area contributed by atoms with Crippen LogP contribution in [0.2, 0.25) is 0 Å². The van der Waals surface area contributed by atoms with Gasteiger partial charge in [0.2, 0.25) is 0 Å². The van der Waals surface area contributed by atoms with E-state index in [9.17, 15) is 4.79 Å². The fraction of sp³-hybridized carbons (Fsp3) is 0.435. The van der Waals surface area contributed by atoms with E-state index in [-0.39, 0.29) is 5.97 Å². The third-order valence-electron chi connectivity index (χ3n) is 5.92. The summed E-state index contributed by atoms with van der Waals surface area (Å²) in [7, 11) is 1.38. The Labute approximate surface area is 171 Å². The predicted molar refractivity (Wildman–Crippen MR) is 113 cm³/mol. The second-order valence-corrected chi connectivity index (χ2v) is 7.90. The highest BCUT2D eigenvalue weighted by atomic mass is 16.5. The molecule has 3 aromatic rings. The molecular formula is C23H28N4O2. The third kappa shape index (κ3) is 4.48. The quantitative estimate of drug-likeness (QED) is 0.597. The lowest BCUT2D eigenvalue weighted by Gasteiger charge is -2.31. The number of esters is 1. The molecule has 1 saturated heterocycles. The number of rotatable bonds is 6. The second-order valence-electron chi connectivity index (χ2n) is 7.90. The van der Waals surface area contributed by atoms with E-state index in [1.54, 1.807) is 6.20 Å². The highest BCUT2D eigenvalue weighted by Crippen LogP contribution is 2.24. The van der Waals surface area contributed by atoms with E-state index >= 15 is 0 Å². The smallest absolute Gasteiger partial charge is 0.339 e. The van der Waals surface area contributed by atoms with Gasteiger partial charge in [-0.05, 0) is 50.2 Å². The van der Waals surface area contributed by atoms with Crippen molar-refractivity contribution in [2.24, 2.45) is 5.92 Å². The number of ether oxygens (including phenoxy) is 1. The molecule has 0 bridgehead atoms. The molecule has 3 heterocycles. The van der Waals surface area contributed by atoms with Crippen molar-refractivity contribution in [1.29, 1.82) is 0 Å². The summed E-state index contributed by atoms with van der Waals surface area (Å²) in [5, 5.41) is 5.57. The number of hydrogen-bond donors (Lipinski definition) is 0. The van der Waals surface area contributed by atoms with Gasteiger partial charge in [-0.25, -0.2) is 14.5 Å². The lowest BCUT2D eigenvalue weighted by Crippen LogP contribution is -2.35. The Morgan fingerprint density at radius 2 is 1.97 bits per heavy atom. The number of carbonyl (C=O) groups is 1. The van der Waals surface area contributed by atoms with Crippen LogP contribution < -0.4 is 0 Å². The largest absolute Gasteiger partial charge is 0.465 e. The maximum absolute atomic E-state index is 11.8. The van der Waals surface area contributed by atoms with Gasteiger partial charge in [-0.2, -0.15) is 5.10 Å². The van der Waals surface area contributed by atoms with Gasteiger partial charge in [-0.3, -0.25) is 4.90 Å². The van der Waals surface area contributed by atoms with Crippen molar-refractivity contribution in [3.63, 3.8) is 0 Å². The third-order valence-corrected chi connectivity index (χ3v) is 5.92. The molecule has 0 saturated carbocycles. The van der Waals surface area contributed by atoms with Gasteiger partial charge in [0.1, 0.15) is 0 Å². The summed E-state index contributed by atoms with van der Waals surface area (Å²) < 4.78 is 6.75. The average molecular weight is 393 g/mol. The summed E-state index contributed by atoms with van der Waals surface area (Å²) in [5.41, 5.74) is 3.60. The molecule has 6 nitrogen and oxygen atoms in total. The lowest BCUT2D eigenvalue weighted by molar-refractivity contribution is 0.0600. The SMILES string of the molecule is COC(=O)c1cnc2c(c1)c(C)nn2CN1CCC(CCc2ccccc2)CC1. The van der Waals surface area contributed by atoms with Gasteiger partial charge in [-0.1, -0.05) is 30.3 Å². The molecule has 1 aromatic carbocycles. The monoisotopic (exact) mass is 392 g/mol. The van der Waals surface area contributed by atoms with Crippen molar-refractivity contribution >= 4 is 17.0 Å². The van der Waals surface area contributed by atoms with Gasteiger partial charge >= 0.3 is 5.97 Å². The molecule has 6 heteroatoms. The van der Waals surface area contributed by atoms with E-state index in [2.05, 4.69) is 45.3 Å². The van der Waals surface area contributed by atoms with E-state index in [1.165, 1.54) is 38.4 Å². The van der Waals surface area contributed by atoms with E-state index in [1.807, 2.05) is 17.7 Å². The number of nitrogens with zero attached hydrogens (tertiary/aromatic N) is 4. The van der Waals surface area contributed by atoms with Crippen molar-refractivity contribution in [1.82, 2.24) is 19.7 Å². The van der Waals surface area contributed by atoms with Gasteiger partial charge < -0.3 is 4.74 Å². The molecule has 0 aliphatic carbocycles. The second kappa shape index (κ2) is 8.74. The number of benzene rings is 1. The molecule has 4 rings (SSSR count). The number of fused-ring (bicyclic) bond motifs is 1. The lowest BCUT2D eigenvalue weighted by atomic mass is 9.91. The Balaban J connectivity index is 1.35. The summed E-state index contributed by atoms with van der Waals surface area (Å²) in [6.45, 7) is 4.86. The minimum Gasteiger partial charge on any atom is -0.465 e. The number of aromatic nitrogens is 3. The van der Waals surface area contributed by atoms with Gasteiger partial charge in [0.15, 0.2) is 5.65 Å². The Morgan fingerprint density at radius 3 is 2.69 bits per heavy atom. The summed E-state index contributed by atoms with van der Waals surface area (Å²) in [4.78, 5) is 18.7. The van der Waals surface area contributed by atoms with E-state index in [4.69, 9.17) is 4.74 Å². The van der Waals surface area contributed by atoms with Crippen LogP contribution in [-0.4, -0.2) is 45.8 Å². The molecule has 0 amide bonds. The summed E-state index contributed by atoms with van der Waals surface area (Å²) >= 11 is 0. The topological polar surface area (TPSA) is 60.2 Å². The van der Waals surface area contributed by atoms with Crippen molar-refractivity contribution in [2.75, 3.05) is 20.2 Å². The normalized spacial score (nSPS) is 15.7. The Morgan fingerprint density at radius 1 is 1.21 bits per heavy atom. The first-order valence-electron chi connectivity index (χ1n) is 10.3. The zero-order valence-electron chi connectivity index (χ0n) is 17.2. The first-order chi connectivity index (χ1) is 14.1. The minimum atomic E-state index is -0.371. The molecule has 1 aliphatic rings. The number of methoxy groups -OCH3 is 1. The zero-order chi connectivity index (χ0) is 20.2. The van der Waals surface area contributed by atoms with Gasteiger partial charge in [-0.15, -0.1) is 0 Å². The maximum Gasteiger partial charge on any atom is 0.339 e. The summed E-state index contributed by atoms with van der Waals surface area (Å²) in [5.74, 6) is 0.424. The fourth-order valence-electron chi connectivity index (χ4n) is 4.16. The Kier molecular flexibility index (Phi) is 5.90. The van der Waals surface area contributed by atoms with Crippen molar-refractivity contribution in [3.8, 4) is 0 Å². The predicted octanol–water partition coefficient (Wildman–Crippen LogP) is 3.83. The molecule has 152 valence electrons. The van der Waals surface area contributed by atoms with E-state index < -0.39 is 0 Å². The van der Waals surface area contributed by atoms with Crippen LogP contribution in [0.25, 0.3) is 11.0 Å². The Bertz CT molecular complexity index is 975. The molecule has 0 atom stereocenters.